The molecule has 0 aromatic heterocycles. The SMILES string of the molecule is CN(C)C[C@]12CCC(CC1O)C2(C)C. The summed E-state index contributed by atoms with van der Waals surface area (Å²) < 4.78 is 0. The third-order valence-electron chi connectivity index (χ3n) is 4.99. The van der Waals surface area contributed by atoms with Gasteiger partial charge in [0, 0.05) is 12.0 Å². The van der Waals surface area contributed by atoms with Gasteiger partial charge in [-0.1, -0.05) is 13.8 Å². The molecule has 82 valence electrons. The van der Waals surface area contributed by atoms with Crippen LogP contribution in [0.4, 0.5) is 0 Å². The van der Waals surface area contributed by atoms with Crippen LogP contribution in [0.5, 0.6) is 0 Å². The molecule has 2 rings (SSSR count). The molecule has 2 bridgehead atoms. The molecule has 0 aliphatic heterocycles. The van der Waals surface area contributed by atoms with Gasteiger partial charge >= 0.3 is 0 Å². The fourth-order valence-corrected chi connectivity index (χ4v) is 3.98. The van der Waals surface area contributed by atoms with Gasteiger partial charge in [0.15, 0.2) is 0 Å². The largest absolute Gasteiger partial charge is 0.392 e. The Balaban J connectivity index is 2.30. The summed E-state index contributed by atoms with van der Waals surface area (Å²) in [6.07, 6.45) is 3.49. The Morgan fingerprint density at radius 3 is 2.36 bits per heavy atom. The van der Waals surface area contributed by atoms with Crippen LogP contribution in [-0.2, 0) is 0 Å². The summed E-state index contributed by atoms with van der Waals surface area (Å²) in [5.74, 6) is 0.748. The van der Waals surface area contributed by atoms with Crippen LogP contribution in [0, 0.1) is 16.7 Å². The number of hydrogen-bond donors (Lipinski definition) is 1. The van der Waals surface area contributed by atoms with Crippen LogP contribution in [0.25, 0.3) is 0 Å². The molecule has 0 heterocycles. The molecule has 2 aliphatic carbocycles. The van der Waals surface area contributed by atoms with Crippen molar-refractivity contribution in [3.63, 3.8) is 0 Å². The lowest BCUT2D eigenvalue weighted by atomic mass is 9.68. The van der Waals surface area contributed by atoms with Crippen LogP contribution in [0.2, 0.25) is 0 Å². The fraction of sp³-hybridized carbons (Fsp3) is 1.00. The minimum atomic E-state index is -0.0707. The van der Waals surface area contributed by atoms with E-state index in [4.69, 9.17) is 0 Å². The van der Waals surface area contributed by atoms with Crippen molar-refractivity contribution < 1.29 is 5.11 Å². The van der Waals surface area contributed by atoms with Gasteiger partial charge < -0.3 is 10.0 Å². The standard InChI is InChI=1S/C12H23NO/c1-11(2)9-5-6-12(11,8-13(3)4)10(14)7-9/h9-10,14H,5-8H2,1-4H3/t9?,10?,12-/m1/s1. The van der Waals surface area contributed by atoms with Crippen LogP contribution < -0.4 is 0 Å². The molecule has 14 heavy (non-hydrogen) atoms. The van der Waals surface area contributed by atoms with Crippen LogP contribution >= 0.6 is 0 Å². The molecular weight excluding hydrogens is 174 g/mol. The highest BCUT2D eigenvalue weighted by Crippen LogP contribution is 2.65. The molecule has 2 heteroatoms. The monoisotopic (exact) mass is 197 g/mol. The average molecular weight is 197 g/mol. The maximum absolute atomic E-state index is 10.2. The predicted molar refractivity (Wildman–Crippen MR) is 58.1 cm³/mol. The van der Waals surface area contributed by atoms with Crippen molar-refractivity contribution in [2.45, 2.75) is 39.2 Å². The van der Waals surface area contributed by atoms with Crippen molar-refractivity contribution >= 4 is 0 Å². The summed E-state index contributed by atoms with van der Waals surface area (Å²) in [4.78, 5) is 2.23. The molecule has 0 aromatic rings. The molecule has 0 radical (unpaired) electrons. The first kappa shape index (κ1) is 10.4. The summed E-state index contributed by atoms with van der Waals surface area (Å²) >= 11 is 0. The number of nitrogens with zero attached hydrogens (tertiary/aromatic N) is 1. The second-order valence-electron chi connectivity index (χ2n) is 6.10. The van der Waals surface area contributed by atoms with Crippen molar-refractivity contribution in [2.75, 3.05) is 20.6 Å². The molecule has 0 aromatic carbocycles. The Bertz CT molecular complexity index is 236. The molecule has 2 nitrogen and oxygen atoms in total. The number of hydrogen-bond acceptors (Lipinski definition) is 2. The smallest absolute Gasteiger partial charge is 0.0616 e. The molecule has 2 unspecified atom stereocenters. The van der Waals surface area contributed by atoms with Crippen molar-refractivity contribution in [3.8, 4) is 0 Å². The number of aliphatic hydroxyl groups excluding tert-OH is 1. The molecule has 2 aliphatic rings. The first-order valence-corrected chi connectivity index (χ1v) is 5.73. The highest BCUT2D eigenvalue weighted by molar-refractivity contribution is 5.13. The second-order valence-corrected chi connectivity index (χ2v) is 6.10. The Labute approximate surface area is 87.3 Å². The van der Waals surface area contributed by atoms with E-state index in [-0.39, 0.29) is 11.5 Å². The van der Waals surface area contributed by atoms with E-state index >= 15 is 0 Å². The lowest BCUT2D eigenvalue weighted by Gasteiger charge is -2.42. The molecule has 0 amide bonds. The first-order valence-electron chi connectivity index (χ1n) is 5.73. The summed E-state index contributed by atoms with van der Waals surface area (Å²) in [5, 5.41) is 10.2. The van der Waals surface area contributed by atoms with Gasteiger partial charge in [-0.05, 0) is 44.7 Å². The van der Waals surface area contributed by atoms with E-state index in [9.17, 15) is 5.11 Å². The van der Waals surface area contributed by atoms with E-state index in [1.54, 1.807) is 0 Å². The van der Waals surface area contributed by atoms with Gasteiger partial charge in [0.05, 0.1) is 6.10 Å². The van der Waals surface area contributed by atoms with Crippen LogP contribution in [-0.4, -0.2) is 36.8 Å². The number of rotatable bonds is 2. The van der Waals surface area contributed by atoms with Crippen molar-refractivity contribution in [2.24, 2.45) is 16.7 Å². The summed E-state index contributed by atoms with van der Waals surface area (Å²) in [6.45, 7) is 5.74. The quantitative estimate of drug-likeness (QED) is 0.729. The van der Waals surface area contributed by atoms with Gasteiger partial charge in [0.25, 0.3) is 0 Å². The molecular formula is C12H23NO. The zero-order valence-electron chi connectivity index (χ0n) is 9.88. The number of aliphatic hydroxyl groups is 1. The average Bonchev–Trinajstić information content (AvgIpc) is 2.36. The fourth-order valence-electron chi connectivity index (χ4n) is 3.98. The van der Waals surface area contributed by atoms with Crippen LogP contribution in [0.15, 0.2) is 0 Å². The zero-order chi connectivity index (χ0) is 10.6. The Kier molecular flexibility index (Phi) is 2.20. The summed E-state index contributed by atoms with van der Waals surface area (Å²) in [6, 6.07) is 0. The van der Waals surface area contributed by atoms with Gasteiger partial charge in [0.1, 0.15) is 0 Å². The lowest BCUT2D eigenvalue weighted by Crippen LogP contribution is -2.46. The maximum Gasteiger partial charge on any atom is 0.0616 e. The molecule has 1 N–H and O–H groups in total. The lowest BCUT2D eigenvalue weighted by molar-refractivity contribution is -0.0211. The van der Waals surface area contributed by atoms with Gasteiger partial charge in [-0.25, -0.2) is 0 Å². The maximum atomic E-state index is 10.2. The third kappa shape index (κ3) is 1.10. The van der Waals surface area contributed by atoms with E-state index in [1.807, 2.05) is 0 Å². The Hall–Kier alpha value is -0.0800. The van der Waals surface area contributed by atoms with Crippen molar-refractivity contribution in [1.82, 2.24) is 4.90 Å². The number of fused-ring (bicyclic) bond motifs is 2. The highest BCUT2D eigenvalue weighted by atomic mass is 16.3. The van der Waals surface area contributed by atoms with Crippen LogP contribution in [0.3, 0.4) is 0 Å². The van der Waals surface area contributed by atoms with Crippen LogP contribution in [0.1, 0.15) is 33.1 Å². The normalized spacial score (nSPS) is 45.0. The molecule has 0 saturated heterocycles. The van der Waals surface area contributed by atoms with E-state index in [0.29, 0.717) is 5.41 Å². The molecule has 2 saturated carbocycles. The topological polar surface area (TPSA) is 23.5 Å². The van der Waals surface area contributed by atoms with Crippen molar-refractivity contribution in [1.29, 1.82) is 0 Å². The molecule has 0 spiro atoms. The van der Waals surface area contributed by atoms with E-state index < -0.39 is 0 Å². The van der Waals surface area contributed by atoms with Crippen molar-refractivity contribution in [3.05, 3.63) is 0 Å². The minimum Gasteiger partial charge on any atom is -0.392 e. The Morgan fingerprint density at radius 2 is 2.00 bits per heavy atom. The first-order chi connectivity index (χ1) is 6.40. The second kappa shape index (κ2) is 2.96. The zero-order valence-corrected chi connectivity index (χ0v) is 9.88. The van der Waals surface area contributed by atoms with E-state index in [0.717, 1.165) is 18.9 Å². The Morgan fingerprint density at radius 1 is 1.36 bits per heavy atom. The summed E-state index contributed by atoms with van der Waals surface area (Å²) in [7, 11) is 4.23. The summed E-state index contributed by atoms with van der Waals surface area (Å²) in [5.41, 5.74) is 0.498. The minimum absolute atomic E-state index is 0.0707. The van der Waals surface area contributed by atoms with Gasteiger partial charge in [-0.15, -0.1) is 0 Å². The van der Waals surface area contributed by atoms with E-state index in [1.165, 1.54) is 12.8 Å². The third-order valence-corrected chi connectivity index (χ3v) is 4.99. The van der Waals surface area contributed by atoms with Gasteiger partial charge in [-0.3, -0.25) is 0 Å². The van der Waals surface area contributed by atoms with Gasteiger partial charge in [-0.2, -0.15) is 0 Å². The van der Waals surface area contributed by atoms with Gasteiger partial charge in [0.2, 0.25) is 0 Å². The highest BCUT2D eigenvalue weighted by Gasteiger charge is 2.63. The van der Waals surface area contributed by atoms with E-state index in [2.05, 4.69) is 32.8 Å². The molecule has 2 fully saturated rings. The predicted octanol–water partition coefficient (Wildman–Crippen LogP) is 1.74. The molecule has 3 atom stereocenters.